The summed E-state index contributed by atoms with van der Waals surface area (Å²) < 4.78 is 20.7. The monoisotopic (exact) mass is 549 g/mol. The molecule has 0 aliphatic carbocycles. The Morgan fingerprint density at radius 1 is 0.949 bits per heavy atom. The maximum Gasteiger partial charge on any atom is 0.232 e. The normalized spacial score (nSPS) is 17.8. The Morgan fingerprint density at radius 3 is 2.46 bits per heavy atom. The number of piperazine rings is 1. The fraction of sp³-hybridized carbons (Fsp3) is 0.360. The number of morpholine rings is 1. The molecule has 39 heavy (non-hydrogen) atoms. The van der Waals surface area contributed by atoms with E-state index in [9.17, 15) is 4.39 Å². The first-order valence-electron chi connectivity index (χ1n) is 12.7. The number of nitrogens with one attached hydrogen (secondary N) is 2. The third kappa shape index (κ3) is 6.58. The lowest BCUT2D eigenvalue weighted by atomic mass is 10.3. The predicted molar refractivity (Wildman–Crippen MR) is 145 cm³/mol. The summed E-state index contributed by atoms with van der Waals surface area (Å²) in [5, 5.41) is 11.0. The number of hydrogen-bond donors (Lipinski definition) is 2. The number of halogens is 1. The molecule has 0 amide bonds. The molecule has 4 aromatic rings. The van der Waals surface area contributed by atoms with Gasteiger partial charge >= 0.3 is 0 Å². The van der Waals surface area contributed by atoms with Crippen LogP contribution in [-0.2, 0) is 11.3 Å². The second-order valence-electron chi connectivity index (χ2n) is 9.13. The molecule has 6 rings (SSSR count). The zero-order valence-corrected chi connectivity index (χ0v) is 22.0. The lowest BCUT2D eigenvalue weighted by Gasteiger charge is -2.34. The molecular weight excluding hydrogens is 521 g/mol. The Balaban J connectivity index is 1.01. The van der Waals surface area contributed by atoms with Crippen molar-refractivity contribution in [3.8, 4) is 0 Å². The fourth-order valence-corrected chi connectivity index (χ4v) is 5.13. The van der Waals surface area contributed by atoms with Crippen LogP contribution in [0.15, 0.2) is 65.2 Å². The van der Waals surface area contributed by atoms with Gasteiger partial charge in [-0.05, 0) is 24.3 Å². The van der Waals surface area contributed by atoms with E-state index in [-0.39, 0.29) is 11.9 Å². The molecule has 0 radical (unpaired) electrons. The Hall–Kier alpha value is -3.88. The zero-order valence-electron chi connectivity index (χ0n) is 21.1. The van der Waals surface area contributed by atoms with Gasteiger partial charge in [-0.3, -0.25) is 4.68 Å². The highest BCUT2D eigenvalue weighted by atomic mass is 32.2. The summed E-state index contributed by atoms with van der Waals surface area (Å²) in [5.74, 6) is 1.52. The van der Waals surface area contributed by atoms with Crippen LogP contribution in [0.1, 0.15) is 0 Å². The quantitative estimate of drug-likeness (QED) is 0.335. The topological polar surface area (TPSA) is 122 Å². The van der Waals surface area contributed by atoms with E-state index < -0.39 is 0 Å². The smallest absolute Gasteiger partial charge is 0.232 e. The average molecular weight is 550 g/mol. The first-order valence-corrected chi connectivity index (χ1v) is 13.6. The third-order valence-electron chi connectivity index (χ3n) is 6.35. The number of benzene rings is 1. The molecule has 2 N–H and O–H groups in total. The van der Waals surface area contributed by atoms with Gasteiger partial charge in [0, 0.05) is 67.7 Å². The maximum absolute atomic E-state index is 13.1. The summed E-state index contributed by atoms with van der Waals surface area (Å²) in [6.45, 7) is 6.04. The highest BCUT2D eigenvalue weighted by molar-refractivity contribution is 7.99. The van der Waals surface area contributed by atoms with E-state index in [1.54, 1.807) is 30.7 Å². The summed E-state index contributed by atoms with van der Waals surface area (Å²) in [5.41, 5.74) is 0.805. The first-order chi connectivity index (χ1) is 19.2. The number of ether oxygens (including phenoxy) is 1. The highest BCUT2D eigenvalue weighted by Crippen LogP contribution is 2.27. The van der Waals surface area contributed by atoms with Crippen LogP contribution < -0.4 is 20.4 Å². The van der Waals surface area contributed by atoms with Crippen molar-refractivity contribution in [2.45, 2.75) is 22.4 Å². The average Bonchev–Trinajstić information content (AvgIpc) is 3.42. The SMILES string of the molecule is Fc1ccc(Sc2cnc(N3CCN(c4ncnc(Nc5cnn(CC6CNCCO6)c5)n4)CC3)nc2)cc1. The van der Waals surface area contributed by atoms with Crippen molar-refractivity contribution in [3.63, 3.8) is 0 Å². The summed E-state index contributed by atoms with van der Waals surface area (Å²) in [6, 6.07) is 6.38. The number of rotatable bonds is 8. The van der Waals surface area contributed by atoms with Crippen molar-refractivity contribution in [2.75, 3.05) is 61.0 Å². The number of hydrogen-bond acceptors (Lipinski definition) is 12. The van der Waals surface area contributed by atoms with Gasteiger partial charge in [-0.1, -0.05) is 11.8 Å². The van der Waals surface area contributed by atoms with E-state index >= 15 is 0 Å². The van der Waals surface area contributed by atoms with Crippen molar-refractivity contribution in [1.82, 2.24) is 40.0 Å². The van der Waals surface area contributed by atoms with E-state index in [1.165, 1.54) is 30.2 Å². The lowest BCUT2D eigenvalue weighted by molar-refractivity contribution is 0.0161. The molecular formula is C25H28FN11OS. The minimum atomic E-state index is -0.249. The van der Waals surface area contributed by atoms with E-state index in [0.29, 0.717) is 24.4 Å². The van der Waals surface area contributed by atoms with Gasteiger partial charge in [-0.15, -0.1) is 0 Å². The summed E-state index contributed by atoms with van der Waals surface area (Å²) in [6.07, 6.45) is 8.90. The van der Waals surface area contributed by atoms with Gasteiger partial charge in [0.2, 0.25) is 17.8 Å². The first kappa shape index (κ1) is 25.4. The van der Waals surface area contributed by atoms with Crippen molar-refractivity contribution in [2.24, 2.45) is 0 Å². The van der Waals surface area contributed by atoms with Crippen molar-refractivity contribution in [3.05, 3.63) is 61.2 Å². The second kappa shape index (κ2) is 11.9. The van der Waals surface area contributed by atoms with E-state index in [2.05, 4.69) is 50.5 Å². The fourth-order valence-electron chi connectivity index (χ4n) is 4.37. The van der Waals surface area contributed by atoms with Crippen LogP contribution in [0.25, 0.3) is 0 Å². The number of anilines is 4. The predicted octanol–water partition coefficient (Wildman–Crippen LogP) is 2.21. The molecule has 0 saturated carbocycles. The van der Waals surface area contributed by atoms with Crippen LogP contribution in [0, 0.1) is 5.82 Å². The lowest BCUT2D eigenvalue weighted by Crippen LogP contribution is -2.47. The van der Waals surface area contributed by atoms with Crippen molar-refractivity contribution in [1.29, 1.82) is 0 Å². The molecule has 3 aromatic heterocycles. The van der Waals surface area contributed by atoms with E-state index in [0.717, 1.165) is 61.4 Å². The molecule has 1 atom stereocenters. The van der Waals surface area contributed by atoms with Crippen molar-refractivity contribution < 1.29 is 9.13 Å². The van der Waals surface area contributed by atoms with Gasteiger partial charge < -0.3 is 25.2 Å². The zero-order chi connectivity index (χ0) is 26.4. The Kier molecular flexibility index (Phi) is 7.74. The molecule has 202 valence electrons. The van der Waals surface area contributed by atoms with Crippen LogP contribution in [0.2, 0.25) is 0 Å². The summed E-state index contributed by atoms with van der Waals surface area (Å²) >= 11 is 1.50. The minimum Gasteiger partial charge on any atom is -0.374 e. The van der Waals surface area contributed by atoms with Crippen LogP contribution >= 0.6 is 11.8 Å². The number of aromatic nitrogens is 7. The van der Waals surface area contributed by atoms with E-state index in [1.807, 2.05) is 10.9 Å². The van der Waals surface area contributed by atoms with Gasteiger partial charge in [-0.2, -0.15) is 10.1 Å². The Labute approximate surface area is 229 Å². The molecule has 0 bridgehead atoms. The molecule has 12 nitrogen and oxygen atoms in total. The molecule has 1 unspecified atom stereocenters. The second-order valence-corrected chi connectivity index (χ2v) is 10.3. The molecule has 2 aliphatic rings. The summed E-state index contributed by atoms with van der Waals surface area (Å²) in [7, 11) is 0. The van der Waals surface area contributed by atoms with Gasteiger partial charge in [0.25, 0.3) is 0 Å². The molecule has 0 spiro atoms. The van der Waals surface area contributed by atoms with Crippen LogP contribution in [0.4, 0.5) is 27.9 Å². The molecule has 5 heterocycles. The highest BCUT2D eigenvalue weighted by Gasteiger charge is 2.21. The Morgan fingerprint density at radius 2 is 1.72 bits per heavy atom. The largest absolute Gasteiger partial charge is 0.374 e. The molecule has 1 aromatic carbocycles. The van der Waals surface area contributed by atoms with Crippen molar-refractivity contribution >= 4 is 35.3 Å². The standard InChI is InChI=1S/C25H28FN11OS/c26-18-1-3-21(4-2-18)39-22-13-28-24(29-14-22)35-6-8-36(9-7-35)25-31-17-30-23(34-25)33-19-11-32-37(15-19)16-20-12-27-5-10-38-20/h1-4,11,13-15,17,20,27H,5-10,12,16H2,(H,30,31,33,34). The van der Waals surface area contributed by atoms with Gasteiger partial charge in [0.15, 0.2) is 0 Å². The summed E-state index contributed by atoms with van der Waals surface area (Å²) in [4.78, 5) is 28.5. The Bertz CT molecular complexity index is 1360. The molecule has 2 fully saturated rings. The molecule has 14 heteroatoms. The third-order valence-corrected chi connectivity index (χ3v) is 7.31. The van der Waals surface area contributed by atoms with Crippen LogP contribution in [0.5, 0.6) is 0 Å². The molecule has 2 saturated heterocycles. The van der Waals surface area contributed by atoms with E-state index in [4.69, 9.17) is 4.74 Å². The van der Waals surface area contributed by atoms with Gasteiger partial charge in [0.05, 0.1) is 31.1 Å². The minimum absolute atomic E-state index is 0.109. The molecule has 2 aliphatic heterocycles. The van der Waals surface area contributed by atoms with Crippen LogP contribution in [-0.4, -0.2) is 86.7 Å². The van der Waals surface area contributed by atoms with Gasteiger partial charge in [-0.25, -0.2) is 24.3 Å². The maximum atomic E-state index is 13.1. The van der Waals surface area contributed by atoms with Gasteiger partial charge in [0.1, 0.15) is 12.1 Å². The number of nitrogens with zero attached hydrogens (tertiary/aromatic N) is 9. The van der Waals surface area contributed by atoms with Crippen LogP contribution in [0.3, 0.4) is 0 Å².